The Balaban J connectivity index is 1.70. The summed E-state index contributed by atoms with van der Waals surface area (Å²) in [6, 6.07) is 0. The van der Waals surface area contributed by atoms with Crippen molar-refractivity contribution in [3.63, 3.8) is 0 Å². The summed E-state index contributed by atoms with van der Waals surface area (Å²) in [5.41, 5.74) is 1.71. The Morgan fingerprint density at radius 1 is 1.40 bits per heavy atom. The molecule has 0 aromatic carbocycles. The maximum Gasteiger partial charge on any atom is 0.334 e. The van der Waals surface area contributed by atoms with Crippen molar-refractivity contribution in [3.05, 3.63) is 36.0 Å². The van der Waals surface area contributed by atoms with E-state index < -0.39 is 12.1 Å². The molecule has 134 valence electrons. The number of ether oxygens (including phenoxy) is 3. The Kier molecular flexibility index (Phi) is 3.52. The van der Waals surface area contributed by atoms with Gasteiger partial charge in [-0.1, -0.05) is 24.8 Å². The Morgan fingerprint density at radius 2 is 2.12 bits per heavy atom. The van der Waals surface area contributed by atoms with Crippen molar-refractivity contribution in [1.29, 1.82) is 0 Å². The first-order valence-corrected chi connectivity index (χ1v) is 8.87. The Bertz CT molecular complexity index is 720. The van der Waals surface area contributed by atoms with Gasteiger partial charge < -0.3 is 14.2 Å². The fourth-order valence-corrected chi connectivity index (χ4v) is 4.94. The molecule has 0 spiro atoms. The van der Waals surface area contributed by atoms with Crippen LogP contribution in [0.25, 0.3) is 0 Å². The topological polar surface area (TPSA) is 65.1 Å². The number of carbonyl (C=O) groups is 2. The van der Waals surface area contributed by atoms with Gasteiger partial charge in [0.1, 0.15) is 12.2 Å². The molecule has 0 N–H and O–H groups in total. The second kappa shape index (κ2) is 5.31. The number of allylic oxidation sites excluding steroid dienone is 1. The maximum absolute atomic E-state index is 12.3. The molecule has 0 unspecified atom stereocenters. The van der Waals surface area contributed by atoms with E-state index in [1.165, 1.54) is 0 Å². The summed E-state index contributed by atoms with van der Waals surface area (Å²) >= 11 is 0. The lowest BCUT2D eigenvalue weighted by molar-refractivity contribution is -0.149. The second-order valence-corrected chi connectivity index (χ2v) is 7.86. The highest BCUT2D eigenvalue weighted by atomic mass is 16.6. The molecule has 0 radical (unpaired) electrons. The molecule has 25 heavy (non-hydrogen) atoms. The van der Waals surface area contributed by atoms with Gasteiger partial charge in [0.05, 0.1) is 17.6 Å². The molecule has 5 nitrogen and oxygen atoms in total. The summed E-state index contributed by atoms with van der Waals surface area (Å²) in [6.45, 7) is 13.8. The normalized spacial score (nSPS) is 45.2. The molecule has 4 aliphatic rings. The summed E-state index contributed by atoms with van der Waals surface area (Å²) < 4.78 is 17.4. The molecule has 2 saturated heterocycles. The number of fused-ring (bicyclic) bond motifs is 5. The number of hydrogen-bond acceptors (Lipinski definition) is 5. The number of carbonyl (C=O) groups excluding carboxylic acids is 2. The molecule has 2 heterocycles. The predicted molar refractivity (Wildman–Crippen MR) is 90.5 cm³/mol. The monoisotopic (exact) mass is 344 g/mol. The SMILES string of the molecule is C=C1C(=O)O[C@H]2[C@H]1[C@@H](OC(=O)/C(C)=C\C)CC(=C)[C@@H]1C[C@H]3O[C@@]3(C)[C@H]21. The van der Waals surface area contributed by atoms with Crippen LogP contribution in [-0.4, -0.2) is 35.9 Å². The summed E-state index contributed by atoms with van der Waals surface area (Å²) in [6.07, 6.45) is 2.49. The van der Waals surface area contributed by atoms with E-state index in [4.69, 9.17) is 14.2 Å². The molecule has 0 aromatic heterocycles. The molecule has 2 saturated carbocycles. The van der Waals surface area contributed by atoms with Gasteiger partial charge in [-0.2, -0.15) is 0 Å². The lowest BCUT2D eigenvalue weighted by Gasteiger charge is -2.31. The summed E-state index contributed by atoms with van der Waals surface area (Å²) in [5.74, 6) is -0.832. The van der Waals surface area contributed by atoms with Gasteiger partial charge in [-0.05, 0) is 33.1 Å². The Morgan fingerprint density at radius 3 is 2.80 bits per heavy atom. The average Bonchev–Trinajstić information content (AvgIpc) is 3.03. The molecule has 2 aliphatic heterocycles. The first-order chi connectivity index (χ1) is 11.8. The predicted octanol–water partition coefficient (Wildman–Crippen LogP) is 2.72. The molecule has 0 bridgehead atoms. The molecule has 5 heteroatoms. The quantitative estimate of drug-likeness (QED) is 0.333. The van der Waals surface area contributed by atoms with Crippen molar-refractivity contribution in [3.8, 4) is 0 Å². The number of hydrogen-bond donors (Lipinski definition) is 0. The zero-order valence-corrected chi connectivity index (χ0v) is 14.9. The first kappa shape index (κ1) is 16.6. The van der Waals surface area contributed by atoms with Gasteiger partial charge in [-0.15, -0.1) is 0 Å². The van der Waals surface area contributed by atoms with Crippen molar-refractivity contribution in [1.82, 2.24) is 0 Å². The summed E-state index contributed by atoms with van der Waals surface area (Å²) in [4.78, 5) is 24.6. The Labute approximate surface area is 147 Å². The third-order valence-electron chi connectivity index (χ3n) is 6.56. The first-order valence-electron chi connectivity index (χ1n) is 8.87. The van der Waals surface area contributed by atoms with Gasteiger partial charge in [0.15, 0.2) is 0 Å². The smallest absolute Gasteiger partial charge is 0.334 e. The van der Waals surface area contributed by atoms with Crippen molar-refractivity contribution in [2.75, 3.05) is 0 Å². The van der Waals surface area contributed by atoms with Gasteiger partial charge in [0, 0.05) is 23.5 Å². The van der Waals surface area contributed by atoms with Gasteiger partial charge in [0.25, 0.3) is 0 Å². The van der Waals surface area contributed by atoms with Gasteiger partial charge in [0.2, 0.25) is 0 Å². The van der Waals surface area contributed by atoms with E-state index in [9.17, 15) is 9.59 Å². The van der Waals surface area contributed by atoms with Crippen LogP contribution in [0.5, 0.6) is 0 Å². The minimum absolute atomic E-state index is 0.0460. The summed E-state index contributed by atoms with van der Waals surface area (Å²) in [7, 11) is 0. The molecular weight excluding hydrogens is 320 g/mol. The van der Waals surface area contributed by atoms with E-state index in [2.05, 4.69) is 20.1 Å². The fraction of sp³-hybridized carbons (Fsp3) is 0.600. The van der Waals surface area contributed by atoms with Crippen molar-refractivity contribution >= 4 is 11.9 Å². The van der Waals surface area contributed by atoms with Crippen LogP contribution in [-0.2, 0) is 23.8 Å². The van der Waals surface area contributed by atoms with Gasteiger partial charge >= 0.3 is 11.9 Å². The van der Waals surface area contributed by atoms with Crippen LogP contribution in [0.3, 0.4) is 0 Å². The van der Waals surface area contributed by atoms with Crippen LogP contribution < -0.4 is 0 Å². The molecule has 4 fully saturated rings. The summed E-state index contributed by atoms with van der Waals surface area (Å²) in [5, 5.41) is 0. The van der Waals surface area contributed by atoms with Crippen LogP contribution in [0.4, 0.5) is 0 Å². The number of rotatable bonds is 2. The standard InChI is InChI=1S/C20H24O5/c1-6-9(2)18(21)23-13-7-10(3)12-8-14-20(5,25-14)16(12)17-15(13)11(4)19(22)24-17/h6,12-17H,3-4,7-8H2,1-2,5H3/b9-6-/t12-,13-,14+,15+,16-,17-,20+/m0/s1. The van der Waals surface area contributed by atoms with Crippen LogP contribution in [0.2, 0.25) is 0 Å². The third-order valence-corrected chi connectivity index (χ3v) is 6.56. The van der Waals surface area contributed by atoms with Crippen molar-refractivity contribution in [2.45, 2.75) is 57.5 Å². The molecule has 0 aromatic rings. The van der Waals surface area contributed by atoms with Crippen molar-refractivity contribution < 1.29 is 23.8 Å². The maximum atomic E-state index is 12.3. The van der Waals surface area contributed by atoms with Crippen LogP contribution in [0.15, 0.2) is 36.0 Å². The Hall–Kier alpha value is -1.88. The number of epoxide rings is 1. The van der Waals surface area contributed by atoms with Gasteiger partial charge in [-0.25, -0.2) is 9.59 Å². The lowest BCUT2D eigenvalue weighted by atomic mass is 9.78. The fourth-order valence-electron chi connectivity index (χ4n) is 4.94. The molecule has 7 atom stereocenters. The third kappa shape index (κ3) is 2.25. The largest absolute Gasteiger partial charge is 0.458 e. The minimum atomic E-state index is -0.481. The minimum Gasteiger partial charge on any atom is -0.458 e. The van der Waals surface area contributed by atoms with E-state index in [1.54, 1.807) is 19.9 Å². The van der Waals surface area contributed by atoms with E-state index in [0.29, 0.717) is 17.6 Å². The zero-order chi connectivity index (χ0) is 18.1. The van der Waals surface area contributed by atoms with Gasteiger partial charge in [-0.3, -0.25) is 0 Å². The molecule has 0 amide bonds. The molecule has 4 rings (SSSR count). The average molecular weight is 344 g/mol. The van der Waals surface area contributed by atoms with E-state index >= 15 is 0 Å². The highest BCUT2D eigenvalue weighted by molar-refractivity contribution is 5.91. The molecule has 2 aliphatic carbocycles. The van der Waals surface area contributed by atoms with Crippen molar-refractivity contribution in [2.24, 2.45) is 17.8 Å². The number of esters is 2. The van der Waals surface area contributed by atoms with E-state index in [-0.39, 0.29) is 41.5 Å². The second-order valence-electron chi connectivity index (χ2n) is 7.86. The molecular formula is C20H24O5. The van der Waals surface area contributed by atoms with E-state index in [1.807, 2.05) is 0 Å². The van der Waals surface area contributed by atoms with Crippen LogP contribution >= 0.6 is 0 Å². The highest BCUT2D eigenvalue weighted by Crippen LogP contribution is 2.63. The van der Waals surface area contributed by atoms with Crippen LogP contribution in [0.1, 0.15) is 33.6 Å². The highest BCUT2D eigenvalue weighted by Gasteiger charge is 2.71. The van der Waals surface area contributed by atoms with Crippen LogP contribution in [0, 0.1) is 17.8 Å². The zero-order valence-electron chi connectivity index (χ0n) is 14.9. The lowest BCUT2D eigenvalue weighted by Crippen LogP contribution is -2.40. The van der Waals surface area contributed by atoms with E-state index in [0.717, 1.165) is 12.0 Å².